The molecule has 1 rings (SSSR count). The Balaban J connectivity index is 2.70. The lowest BCUT2D eigenvalue weighted by Gasteiger charge is -1.93. The Morgan fingerprint density at radius 1 is 1.80 bits per heavy atom. The van der Waals surface area contributed by atoms with Gasteiger partial charge >= 0.3 is 0 Å². The maximum absolute atomic E-state index is 5.37. The van der Waals surface area contributed by atoms with Crippen LogP contribution in [0, 0.1) is 0 Å². The number of nitrogens with two attached hydrogens (primary N) is 1. The van der Waals surface area contributed by atoms with Crippen molar-refractivity contribution >= 4 is 0 Å². The minimum Gasteiger partial charge on any atom is -0.378 e. The Morgan fingerprint density at radius 2 is 2.60 bits per heavy atom. The van der Waals surface area contributed by atoms with Crippen LogP contribution in [0.15, 0.2) is 10.8 Å². The summed E-state index contributed by atoms with van der Waals surface area (Å²) in [5.74, 6) is 0. The van der Waals surface area contributed by atoms with Crippen LogP contribution >= 0.6 is 0 Å². The van der Waals surface area contributed by atoms with E-state index in [1.54, 1.807) is 7.11 Å². The topological polar surface area (TPSA) is 61.3 Å². The predicted molar refractivity (Wildman–Crippen MR) is 35.1 cm³/mol. The van der Waals surface area contributed by atoms with Gasteiger partial charge in [-0.1, -0.05) is 5.16 Å². The van der Waals surface area contributed by atoms with Gasteiger partial charge in [-0.05, 0) is 0 Å². The number of ether oxygens (including phenoxy) is 1. The highest BCUT2D eigenvalue weighted by atomic mass is 16.5. The summed E-state index contributed by atoms with van der Waals surface area (Å²) in [5, 5.41) is 3.70. The molecule has 0 aromatic carbocycles. The second kappa shape index (κ2) is 3.34. The molecule has 0 unspecified atom stereocenters. The molecule has 0 atom stereocenters. The molecule has 0 spiro atoms. The molecule has 1 aromatic heterocycles. The molecular formula is C6H10N2O2. The first kappa shape index (κ1) is 7.24. The van der Waals surface area contributed by atoms with Gasteiger partial charge in [-0.15, -0.1) is 0 Å². The molecular weight excluding hydrogens is 132 g/mol. The zero-order valence-corrected chi connectivity index (χ0v) is 5.83. The lowest BCUT2D eigenvalue weighted by atomic mass is 10.3. The van der Waals surface area contributed by atoms with Crippen molar-refractivity contribution in [1.82, 2.24) is 5.16 Å². The van der Waals surface area contributed by atoms with Crippen LogP contribution in [0.1, 0.15) is 11.3 Å². The van der Waals surface area contributed by atoms with E-state index in [2.05, 4.69) is 9.68 Å². The SMILES string of the molecule is COCc1nocc1CN. The van der Waals surface area contributed by atoms with Gasteiger partial charge in [0.2, 0.25) is 0 Å². The minimum absolute atomic E-state index is 0.447. The number of aromatic nitrogens is 1. The molecule has 10 heavy (non-hydrogen) atoms. The molecule has 4 heteroatoms. The smallest absolute Gasteiger partial charge is 0.128 e. The molecule has 0 saturated heterocycles. The van der Waals surface area contributed by atoms with E-state index in [0.29, 0.717) is 13.2 Å². The van der Waals surface area contributed by atoms with E-state index in [1.165, 1.54) is 6.26 Å². The fraction of sp³-hybridized carbons (Fsp3) is 0.500. The molecule has 0 aliphatic carbocycles. The Hall–Kier alpha value is -0.870. The lowest BCUT2D eigenvalue weighted by molar-refractivity contribution is 0.176. The molecule has 0 radical (unpaired) electrons. The van der Waals surface area contributed by atoms with Gasteiger partial charge in [0.25, 0.3) is 0 Å². The van der Waals surface area contributed by atoms with Gasteiger partial charge < -0.3 is 15.0 Å². The number of methoxy groups -OCH3 is 1. The Bertz CT molecular complexity index is 197. The molecule has 0 fully saturated rings. The first-order valence-corrected chi connectivity index (χ1v) is 2.99. The second-order valence-corrected chi connectivity index (χ2v) is 1.92. The zero-order chi connectivity index (χ0) is 7.40. The van der Waals surface area contributed by atoms with Crippen LogP contribution in [-0.2, 0) is 17.9 Å². The van der Waals surface area contributed by atoms with Gasteiger partial charge in [-0.2, -0.15) is 0 Å². The molecule has 0 saturated carbocycles. The predicted octanol–water partition coefficient (Wildman–Crippen LogP) is 0.280. The minimum atomic E-state index is 0.447. The maximum atomic E-state index is 5.37. The summed E-state index contributed by atoms with van der Waals surface area (Å²) in [5.41, 5.74) is 7.06. The second-order valence-electron chi connectivity index (χ2n) is 1.92. The van der Waals surface area contributed by atoms with E-state index in [4.69, 9.17) is 10.5 Å². The van der Waals surface area contributed by atoms with Crippen LogP contribution in [0.25, 0.3) is 0 Å². The third kappa shape index (κ3) is 1.34. The summed E-state index contributed by atoms with van der Waals surface area (Å²) in [4.78, 5) is 0. The summed E-state index contributed by atoms with van der Waals surface area (Å²) in [6.45, 7) is 0.908. The Morgan fingerprint density at radius 3 is 3.20 bits per heavy atom. The molecule has 0 bridgehead atoms. The molecule has 2 N–H and O–H groups in total. The summed E-state index contributed by atoms with van der Waals surface area (Å²) in [6.07, 6.45) is 1.54. The summed E-state index contributed by atoms with van der Waals surface area (Å²) >= 11 is 0. The van der Waals surface area contributed by atoms with Gasteiger partial charge in [0.15, 0.2) is 0 Å². The quantitative estimate of drug-likeness (QED) is 0.658. The number of nitrogens with zero attached hydrogens (tertiary/aromatic N) is 1. The van der Waals surface area contributed by atoms with Gasteiger partial charge in [-0.25, -0.2) is 0 Å². The van der Waals surface area contributed by atoms with Gasteiger partial charge in [-0.3, -0.25) is 0 Å². The average molecular weight is 142 g/mol. The number of hydrogen-bond acceptors (Lipinski definition) is 4. The van der Waals surface area contributed by atoms with Crippen LogP contribution in [0.5, 0.6) is 0 Å². The van der Waals surface area contributed by atoms with Crippen LogP contribution in [0.2, 0.25) is 0 Å². The molecule has 1 heterocycles. The van der Waals surface area contributed by atoms with Crippen molar-refractivity contribution in [3.8, 4) is 0 Å². The maximum Gasteiger partial charge on any atom is 0.128 e. The standard InChI is InChI=1S/C6H10N2O2/c1-9-4-6-5(2-7)3-10-8-6/h3H,2,4,7H2,1H3. The van der Waals surface area contributed by atoms with E-state index >= 15 is 0 Å². The van der Waals surface area contributed by atoms with Crippen molar-refractivity contribution in [2.24, 2.45) is 5.73 Å². The van der Waals surface area contributed by atoms with Crippen molar-refractivity contribution in [3.63, 3.8) is 0 Å². The summed E-state index contributed by atoms with van der Waals surface area (Å²) in [6, 6.07) is 0. The molecule has 0 amide bonds. The van der Waals surface area contributed by atoms with Gasteiger partial charge in [0, 0.05) is 19.2 Å². The molecule has 0 aliphatic heterocycles. The van der Waals surface area contributed by atoms with E-state index in [9.17, 15) is 0 Å². The lowest BCUT2D eigenvalue weighted by Crippen LogP contribution is -1.99. The highest BCUT2D eigenvalue weighted by Gasteiger charge is 2.03. The van der Waals surface area contributed by atoms with E-state index in [1.807, 2.05) is 0 Å². The molecule has 4 nitrogen and oxygen atoms in total. The summed E-state index contributed by atoms with van der Waals surface area (Å²) in [7, 11) is 1.61. The Labute approximate surface area is 58.9 Å². The first-order valence-electron chi connectivity index (χ1n) is 2.99. The van der Waals surface area contributed by atoms with Crippen molar-refractivity contribution < 1.29 is 9.26 Å². The number of rotatable bonds is 3. The molecule has 1 aromatic rings. The van der Waals surface area contributed by atoms with E-state index in [0.717, 1.165) is 11.3 Å². The van der Waals surface area contributed by atoms with Crippen LogP contribution in [-0.4, -0.2) is 12.3 Å². The molecule has 0 aliphatic rings. The monoisotopic (exact) mass is 142 g/mol. The largest absolute Gasteiger partial charge is 0.378 e. The van der Waals surface area contributed by atoms with Gasteiger partial charge in [0.1, 0.15) is 12.0 Å². The van der Waals surface area contributed by atoms with Crippen molar-refractivity contribution in [2.45, 2.75) is 13.2 Å². The van der Waals surface area contributed by atoms with Gasteiger partial charge in [0.05, 0.1) is 6.61 Å². The van der Waals surface area contributed by atoms with E-state index < -0.39 is 0 Å². The van der Waals surface area contributed by atoms with Crippen molar-refractivity contribution in [3.05, 3.63) is 17.5 Å². The highest BCUT2D eigenvalue weighted by molar-refractivity contribution is 5.12. The summed E-state index contributed by atoms with van der Waals surface area (Å²) < 4.78 is 9.53. The third-order valence-corrected chi connectivity index (χ3v) is 1.23. The molecule has 56 valence electrons. The fourth-order valence-electron chi connectivity index (χ4n) is 0.702. The van der Waals surface area contributed by atoms with Crippen LogP contribution in [0.3, 0.4) is 0 Å². The number of hydrogen-bond donors (Lipinski definition) is 1. The average Bonchev–Trinajstić information content (AvgIpc) is 2.36. The highest BCUT2D eigenvalue weighted by Crippen LogP contribution is 2.05. The first-order chi connectivity index (χ1) is 4.88. The van der Waals surface area contributed by atoms with Crippen molar-refractivity contribution in [2.75, 3.05) is 7.11 Å². The van der Waals surface area contributed by atoms with E-state index in [-0.39, 0.29) is 0 Å². The zero-order valence-electron chi connectivity index (χ0n) is 5.83. The normalized spacial score (nSPS) is 10.2. The third-order valence-electron chi connectivity index (χ3n) is 1.23. The fourth-order valence-corrected chi connectivity index (χ4v) is 0.702. The van der Waals surface area contributed by atoms with Crippen LogP contribution in [0.4, 0.5) is 0 Å². The Kier molecular flexibility index (Phi) is 2.42. The van der Waals surface area contributed by atoms with Crippen LogP contribution < -0.4 is 5.73 Å². The van der Waals surface area contributed by atoms with Crippen molar-refractivity contribution in [1.29, 1.82) is 0 Å².